The lowest BCUT2D eigenvalue weighted by Gasteiger charge is -2.20. The molecule has 154 valence electrons. The van der Waals surface area contributed by atoms with Crippen molar-refractivity contribution in [2.24, 2.45) is 0 Å². The van der Waals surface area contributed by atoms with Crippen molar-refractivity contribution in [1.29, 1.82) is 0 Å². The Morgan fingerprint density at radius 1 is 1.13 bits per heavy atom. The number of fused-ring (bicyclic) bond motifs is 2. The van der Waals surface area contributed by atoms with E-state index in [0.29, 0.717) is 28.8 Å². The number of hydrogen-bond acceptors (Lipinski definition) is 4. The van der Waals surface area contributed by atoms with Gasteiger partial charge in [0, 0.05) is 39.7 Å². The number of para-hydroxylation sites is 1. The maximum absolute atomic E-state index is 13.1. The van der Waals surface area contributed by atoms with Gasteiger partial charge < -0.3 is 15.1 Å². The summed E-state index contributed by atoms with van der Waals surface area (Å²) in [5.41, 5.74) is 3.85. The van der Waals surface area contributed by atoms with Crippen LogP contribution in [0.25, 0.3) is 11.0 Å². The molecule has 2 N–H and O–H groups in total. The molecule has 1 aromatic heterocycles. The fourth-order valence-corrected chi connectivity index (χ4v) is 5.69. The standard InChI is InChI=1S/C24H24N2O3S/c27-23-19-12-16(11-10-15(19)13-25-23)26-24(28)22-20(14-30-17-6-2-1-3-7-17)18-8-4-5-9-21(18)29-22/h4-5,8-12,17H,1-3,6-7,13-14H2,(H,25,27)(H,26,28). The molecule has 1 fully saturated rings. The summed E-state index contributed by atoms with van der Waals surface area (Å²) < 4.78 is 5.98. The van der Waals surface area contributed by atoms with Crippen LogP contribution in [0.2, 0.25) is 0 Å². The number of carbonyl (C=O) groups excluding carboxylic acids is 2. The van der Waals surface area contributed by atoms with Crippen molar-refractivity contribution in [2.75, 3.05) is 5.32 Å². The Morgan fingerprint density at radius 2 is 1.97 bits per heavy atom. The van der Waals surface area contributed by atoms with Gasteiger partial charge in [0.1, 0.15) is 5.58 Å². The number of hydrogen-bond donors (Lipinski definition) is 2. The highest BCUT2D eigenvalue weighted by molar-refractivity contribution is 7.99. The summed E-state index contributed by atoms with van der Waals surface area (Å²) in [6.45, 7) is 0.536. The van der Waals surface area contributed by atoms with Gasteiger partial charge in [-0.2, -0.15) is 11.8 Å². The number of benzene rings is 2. The van der Waals surface area contributed by atoms with Crippen LogP contribution in [-0.2, 0) is 12.3 Å². The van der Waals surface area contributed by atoms with E-state index in [0.717, 1.165) is 27.8 Å². The molecule has 0 saturated heterocycles. The molecule has 0 radical (unpaired) electrons. The van der Waals surface area contributed by atoms with Gasteiger partial charge in [0.05, 0.1) is 0 Å². The predicted molar refractivity (Wildman–Crippen MR) is 120 cm³/mol. The van der Waals surface area contributed by atoms with Crippen LogP contribution >= 0.6 is 11.8 Å². The van der Waals surface area contributed by atoms with E-state index in [1.54, 1.807) is 6.07 Å². The minimum atomic E-state index is -0.274. The third kappa shape index (κ3) is 3.72. The number of carbonyl (C=O) groups is 2. The van der Waals surface area contributed by atoms with Gasteiger partial charge in [-0.3, -0.25) is 9.59 Å². The van der Waals surface area contributed by atoms with Crippen molar-refractivity contribution < 1.29 is 14.0 Å². The Morgan fingerprint density at radius 3 is 2.83 bits per heavy atom. The molecule has 0 atom stereocenters. The zero-order valence-electron chi connectivity index (χ0n) is 16.7. The summed E-state index contributed by atoms with van der Waals surface area (Å²) in [4.78, 5) is 25.1. The fraction of sp³-hybridized carbons (Fsp3) is 0.333. The molecule has 2 aromatic carbocycles. The predicted octanol–water partition coefficient (Wildman–Crippen LogP) is 5.49. The average Bonchev–Trinajstić information content (AvgIpc) is 3.33. The molecule has 5 nitrogen and oxygen atoms in total. The quantitative estimate of drug-likeness (QED) is 0.572. The van der Waals surface area contributed by atoms with Crippen LogP contribution in [0.4, 0.5) is 5.69 Å². The van der Waals surface area contributed by atoms with Crippen LogP contribution in [0.1, 0.15) is 64.1 Å². The molecule has 1 saturated carbocycles. The lowest BCUT2D eigenvalue weighted by Crippen LogP contribution is -2.15. The van der Waals surface area contributed by atoms with Crippen molar-refractivity contribution in [2.45, 2.75) is 49.7 Å². The van der Waals surface area contributed by atoms with Gasteiger partial charge in [-0.05, 0) is 36.6 Å². The normalized spacial score (nSPS) is 16.5. The molecular formula is C24H24N2O3S. The fourth-order valence-electron chi connectivity index (χ4n) is 4.34. The highest BCUT2D eigenvalue weighted by atomic mass is 32.2. The van der Waals surface area contributed by atoms with Crippen molar-refractivity contribution in [3.8, 4) is 0 Å². The number of thioether (sulfide) groups is 1. The van der Waals surface area contributed by atoms with E-state index in [1.165, 1.54) is 32.1 Å². The number of nitrogens with one attached hydrogen (secondary N) is 2. The van der Waals surface area contributed by atoms with Crippen molar-refractivity contribution >= 4 is 40.2 Å². The maximum Gasteiger partial charge on any atom is 0.291 e. The van der Waals surface area contributed by atoms with Gasteiger partial charge in [0.2, 0.25) is 0 Å². The Balaban J connectivity index is 1.40. The van der Waals surface area contributed by atoms with E-state index in [9.17, 15) is 9.59 Å². The van der Waals surface area contributed by atoms with Crippen LogP contribution in [0.3, 0.4) is 0 Å². The van der Waals surface area contributed by atoms with Gasteiger partial charge in [-0.15, -0.1) is 0 Å². The summed E-state index contributed by atoms with van der Waals surface area (Å²) in [5.74, 6) is 0.750. The van der Waals surface area contributed by atoms with Crippen LogP contribution < -0.4 is 10.6 Å². The largest absolute Gasteiger partial charge is 0.451 e. The molecule has 30 heavy (non-hydrogen) atoms. The first-order valence-electron chi connectivity index (χ1n) is 10.5. The van der Waals surface area contributed by atoms with Gasteiger partial charge in [0.25, 0.3) is 11.8 Å². The highest BCUT2D eigenvalue weighted by Crippen LogP contribution is 2.35. The lowest BCUT2D eigenvalue weighted by molar-refractivity contribution is 0.0963. The second-order valence-corrected chi connectivity index (χ2v) is 9.27. The van der Waals surface area contributed by atoms with Crippen LogP contribution in [-0.4, -0.2) is 17.1 Å². The Labute approximate surface area is 179 Å². The van der Waals surface area contributed by atoms with Crippen molar-refractivity contribution in [1.82, 2.24) is 5.32 Å². The monoisotopic (exact) mass is 420 g/mol. The van der Waals surface area contributed by atoms with Crippen molar-refractivity contribution in [3.05, 3.63) is 64.9 Å². The Bertz CT molecular complexity index is 1110. The highest BCUT2D eigenvalue weighted by Gasteiger charge is 2.24. The van der Waals surface area contributed by atoms with Gasteiger partial charge in [-0.1, -0.05) is 43.5 Å². The molecule has 0 bridgehead atoms. The van der Waals surface area contributed by atoms with E-state index < -0.39 is 0 Å². The maximum atomic E-state index is 13.1. The Hall–Kier alpha value is -2.73. The lowest BCUT2D eigenvalue weighted by atomic mass is 10.0. The first-order valence-corrected chi connectivity index (χ1v) is 11.6. The molecule has 6 heteroatoms. The third-order valence-corrected chi connectivity index (χ3v) is 7.37. The van der Waals surface area contributed by atoms with E-state index >= 15 is 0 Å². The number of rotatable bonds is 5. The second kappa shape index (κ2) is 8.19. The summed E-state index contributed by atoms with van der Waals surface area (Å²) >= 11 is 1.93. The van der Waals surface area contributed by atoms with E-state index in [2.05, 4.69) is 10.6 Å². The molecule has 1 aliphatic heterocycles. The van der Waals surface area contributed by atoms with Gasteiger partial charge in [0.15, 0.2) is 5.76 Å². The van der Waals surface area contributed by atoms with E-state index in [-0.39, 0.29) is 11.8 Å². The summed E-state index contributed by atoms with van der Waals surface area (Å²) in [5, 5.41) is 7.38. The number of furan rings is 1. The first-order chi connectivity index (χ1) is 14.7. The minimum Gasteiger partial charge on any atom is -0.451 e. The summed E-state index contributed by atoms with van der Waals surface area (Å²) in [7, 11) is 0. The zero-order valence-corrected chi connectivity index (χ0v) is 17.5. The minimum absolute atomic E-state index is 0.102. The number of anilines is 1. The van der Waals surface area contributed by atoms with Crippen LogP contribution in [0.15, 0.2) is 46.9 Å². The van der Waals surface area contributed by atoms with E-state index in [1.807, 2.05) is 48.2 Å². The summed E-state index contributed by atoms with van der Waals surface area (Å²) in [6, 6.07) is 13.3. The smallest absolute Gasteiger partial charge is 0.291 e. The SMILES string of the molecule is O=C1NCc2ccc(NC(=O)c3oc4ccccc4c3CSC3CCCCC3)cc21. The molecule has 1 aliphatic carbocycles. The van der Waals surface area contributed by atoms with Gasteiger partial charge in [-0.25, -0.2) is 0 Å². The Kier molecular flexibility index (Phi) is 5.25. The number of amides is 2. The van der Waals surface area contributed by atoms with Crippen LogP contribution in [0.5, 0.6) is 0 Å². The second-order valence-electron chi connectivity index (χ2n) is 7.99. The first kappa shape index (κ1) is 19.2. The van der Waals surface area contributed by atoms with E-state index in [4.69, 9.17) is 4.42 Å². The zero-order chi connectivity index (χ0) is 20.5. The molecule has 0 unspecified atom stereocenters. The molecule has 3 aromatic rings. The van der Waals surface area contributed by atoms with Crippen molar-refractivity contribution in [3.63, 3.8) is 0 Å². The van der Waals surface area contributed by atoms with Crippen LogP contribution in [0, 0.1) is 0 Å². The molecular weight excluding hydrogens is 396 g/mol. The molecule has 2 heterocycles. The molecule has 2 aliphatic rings. The third-order valence-electron chi connectivity index (χ3n) is 5.97. The molecule has 0 spiro atoms. The molecule has 5 rings (SSSR count). The topological polar surface area (TPSA) is 71.3 Å². The molecule has 2 amide bonds. The average molecular weight is 421 g/mol. The summed E-state index contributed by atoms with van der Waals surface area (Å²) in [6.07, 6.45) is 6.42. The van der Waals surface area contributed by atoms with Gasteiger partial charge >= 0.3 is 0 Å².